The maximum Gasteiger partial charge on any atom is 0.407 e. The van der Waals surface area contributed by atoms with Crippen LogP contribution >= 0.6 is 0 Å². The third-order valence-electron chi connectivity index (χ3n) is 3.31. The molecule has 0 aliphatic heterocycles. The molecule has 8 heteroatoms. The molecule has 1 unspecified atom stereocenters. The standard InChI is InChI=1S/C15H22F3NO4/c1-15(2,3)23-14(22)19-9(6-13(20)21)4-8-5-11(17)12(18)7-10(8)16/h7-11H,4-6H2,1-3H3,(H,19,22)(H,20,21)/t8?,9-,10+,11+/m1/s1. The van der Waals surface area contributed by atoms with E-state index < -0.39 is 60.6 Å². The molecule has 0 saturated carbocycles. The molecule has 0 bridgehead atoms. The van der Waals surface area contributed by atoms with E-state index in [1.807, 2.05) is 0 Å². The number of carbonyl (C=O) groups is 2. The number of alkyl carbamates (subject to hydrolysis) is 1. The Morgan fingerprint density at radius 1 is 1.43 bits per heavy atom. The third kappa shape index (κ3) is 6.92. The first-order valence-corrected chi connectivity index (χ1v) is 7.34. The van der Waals surface area contributed by atoms with Crippen LogP contribution in [0.4, 0.5) is 18.0 Å². The highest BCUT2D eigenvalue weighted by Gasteiger charge is 2.34. The number of alkyl halides is 2. The van der Waals surface area contributed by atoms with Crippen LogP contribution in [0.15, 0.2) is 11.9 Å². The minimum absolute atomic E-state index is 0.128. The Hall–Kier alpha value is -1.73. The number of carbonyl (C=O) groups excluding carboxylic acids is 1. The normalized spacial score (nSPS) is 26.2. The van der Waals surface area contributed by atoms with Gasteiger partial charge in [-0.2, -0.15) is 0 Å². The zero-order chi connectivity index (χ0) is 17.8. The van der Waals surface area contributed by atoms with E-state index in [4.69, 9.17) is 9.84 Å². The molecule has 1 rings (SSSR count). The van der Waals surface area contributed by atoms with E-state index in [9.17, 15) is 22.8 Å². The maximum absolute atomic E-state index is 13.8. The number of aliphatic carboxylic acids is 1. The van der Waals surface area contributed by atoms with Crippen molar-refractivity contribution in [1.82, 2.24) is 5.32 Å². The van der Waals surface area contributed by atoms with Crippen molar-refractivity contribution < 1.29 is 32.6 Å². The van der Waals surface area contributed by atoms with Crippen LogP contribution in [0, 0.1) is 5.92 Å². The lowest BCUT2D eigenvalue weighted by atomic mass is 9.85. The second kappa shape index (κ2) is 7.70. The zero-order valence-corrected chi connectivity index (χ0v) is 13.3. The molecule has 1 aliphatic rings. The molecule has 0 heterocycles. The van der Waals surface area contributed by atoms with Crippen molar-refractivity contribution in [2.75, 3.05) is 0 Å². The lowest BCUT2D eigenvalue weighted by molar-refractivity contribution is -0.137. The number of halogens is 3. The van der Waals surface area contributed by atoms with E-state index >= 15 is 0 Å². The van der Waals surface area contributed by atoms with Crippen LogP contribution in [-0.4, -0.2) is 41.2 Å². The summed E-state index contributed by atoms with van der Waals surface area (Å²) in [6.45, 7) is 4.91. The average Bonchev–Trinajstić information content (AvgIpc) is 2.32. The lowest BCUT2D eigenvalue weighted by Gasteiger charge is -2.29. The number of hydrogen-bond donors (Lipinski definition) is 2. The van der Waals surface area contributed by atoms with Crippen molar-refractivity contribution in [3.8, 4) is 0 Å². The Balaban J connectivity index is 2.71. The van der Waals surface area contributed by atoms with Gasteiger partial charge in [0, 0.05) is 6.04 Å². The van der Waals surface area contributed by atoms with Crippen LogP contribution in [0.1, 0.15) is 40.0 Å². The quantitative estimate of drug-likeness (QED) is 0.807. The molecule has 132 valence electrons. The average molecular weight is 337 g/mol. The smallest absolute Gasteiger partial charge is 0.407 e. The van der Waals surface area contributed by atoms with Crippen molar-refractivity contribution in [2.45, 2.75) is 64.0 Å². The van der Waals surface area contributed by atoms with Gasteiger partial charge in [0.25, 0.3) is 0 Å². The molecule has 0 fully saturated rings. The van der Waals surface area contributed by atoms with Gasteiger partial charge in [0.1, 0.15) is 17.6 Å². The number of ether oxygens (including phenoxy) is 1. The summed E-state index contributed by atoms with van der Waals surface area (Å²) in [7, 11) is 0. The molecule has 0 spiro atoms. The summed E-state index contributed by atoms with van der Waals surface area (Å²) in [6.07, 6.45) is -4.89. The molecule has 23 heavy (non-hydrogen) atoms. The molecule has 0 aromatic rings. The highest BCUT2D eigenvalue weighted by Crippen LogP contribution is 2.32. The Bertz CT molecular complexity index is 476. The summed E-state index contributed by atoms with van der Waals surface area (Å²) < 4.78 is 45.2. The van der Waals surface area contributed by atoms with Crippen LogP contribution in [0.25, 0.3) is 0 Å². The topological polar surface area (TPSA) is 75.6 Å². The van der Waals surface area contributed by atoms with Crippen molar-refractivity contribution >= 4 is 12.1 Å². The van der Waals surface area contributed by atoms with Gasteiger partial charge < -0.3 is 15.2 Å². The Morgan fingerprint density at radius 2 is 2.04 bits per heavy atom. The number of allylic oxidation sites excluding steroid dienone is 2. The first-order chi connectivity index (χ1) is 10.5. The maximum atomic E-state index is 13.8. The molecule has 0 aromatic carbocycles. The Kier molecular flexibility index (Phi) is 6.47. The second-order valence-electron chi connectivity index (χ2n) is 6.64. The predicted molar refractivity (Wildman–Crippen MR) is 77.1 cm³/mol. The Morgan fingerprint density at radius 3 is 2.57 bits per heavy atom. The fourth-order valence-corrected chi connectivity index (χ4v) is 2.37. The number of amides is 1. The van der Waals surface area contributed by atoms with E-state index in [2.05, 4.69) is 5.32 Å². The molecule has 1 aliphatic carbocycles. The van der Waals surface area contributed by atoms with Gasteiger partial charge >= 0.3 is 12.1 Å². The van der Waals surface area contributed by atoms with E-state index in [1.165, 1.54) is 0 Å². The number of carboxylic acids is 1. The first kappa shape index (κ1) is 19.3. The summed E-state index contributed by atoms with van der Waals surface area (Å²) in [5, 5.41) is 11.2. The van der Waals surface area contributed by atoms with E-state index in [-0.39, 0.29) is 6.42 Å². The molecule has 4 atom stereocenters. The highest BCUT2D eigenvalue weighted by atomic mass is 19.2. The molecule has 0 saturated heterocycles. The molecule has 1 amide bonds. The van der Waals surface area contributed by atoms with Crippen LogP contribution in [0.2, 0.25) is 0 Å². The SMILES string of the molecule is CC(C)(C)OC(=O)N[C@@H](CC(=O)O)CC1C[C@H](F)C(F)=C[C@@H]1F. The summed E-state index contributed by atoms with van der Waals surface area (Å²) in [4.78, 5) is 22.6. The zero-order valence-electron chi connectivity index (χ0n) is 13.3. The molecular formula is C15H22F3NO4. The molecule has 0 aromatic heterocycles. The van der Waals surface area contributed by atoms with E-state index in [0.29, 0.717) is 6.08 Å². The minimum atomic E-state index is -1.90. The third-order valence-corrected chi connectivity index (χ3v) is 3.31. The van der Waals surface area contributed by atoms with Crippen LogP contribution in [-0.2, 0) is 9.53 Å². The van der Waals surface area contributed by atoms with Gasteiger partial charge in [-0.3, -0.25) is 4.79 Å². The van der Waals surface area contributed by atoms with Crippen molar-refractivity contribution in [3.05, 3.63) is 11.9 Å². The van der Waals surface area contributed by atoms with Crippen LogP contribution in [0.5, 0.6) is 0 Å². The molecule has 2 N–H and O–H groups in total. The van der Waals surface area contributed by atoms with Crippen molar-refractivity contribution in [3.63, 3.8) is 0 Å². The largest absolute Gasteiger partial charge is 0.481 e. The molecular weight excluding hydrogens is 315 g/mol. The van der Waals surface area contributed by atoms with Crippen molar-refractivity contribution in [2.24, 2.45) is 5.92 Å². The summed E-state index contributed by atoms with van der Waals surface area (Å²) in [6, 6.07) is -0.938. The van der Waals surface area contributed by atoms with Gasteiger partial charge in [0.2, 0.25) is 0 Å². The van der Waals surface area contributed by atoms with E-state index in [1.54, 1.807) is 20.8 Å². The monoisotopic (exact) mass is 337 g/mol. The summed E-state index contributed by atoms with van der Waals surface area (Å²) >= 11 is 0. The highest BCUT2D eigenvalue weighted by molar-refractivity contribution is 5.71. The fourth-order valence-electron chi connectivity index (χ4n) is 2.37. The number of rotatable bonds is 5. The molecule has 0 radical (unpaired) electrons. The first-order valence-electron chi connectivity index (χ1n) is 7.34. The van der Waals surface area contributed by atoms with Crippen LogP contribution in [0.3, 0.4) is 0 Å². The van der Waals surface area contributed by atoms with E-state index in [0.717, 1.165) is 0 Å². The van der Waals surface area contributed by atoms with Gasteiger partial charge in [-0.1, -0.05) is 0 Å². The van der Waals surface area contributed by atoms with Gasteiger partial charge in [-0.15, -0.1) is 0 Å². The lowest BCUT2D eigenvalue weighted by Crippen LogP contribution is -2.42. The van der Waals surface area contributed by atoms with Gasteiger partial charge in [0.15, 0.2) is 6.17 Å². The van der Waals surface area contributed by atoms with Crippen molar-refractivity contribution in [1.29, 1.82) is 0 Å². The molecule has 5 nitrogen and oxygen atoms in total. The van der Waals surface area contributed by atoms with Gasteiger partial charge in [-0.25, -0.2) is 18.0 Å². The predicted octanol–water partition coefficient (Wildman–Crippen LogP) is 3.29. The fraction of sp³-hybridized carbons (Fsp3) is 0.733. The van der Waals surface area contributed by atoms with Gasteiger partial charge in [0.05, 0.1) is 6.42 Å². The summed E-state index contributed by atoms with van der Waals surface area (Å²) in [5.41, 5.74) is -0.777. The Labute approximate surface area is 132 Å². The van der Waals surface area contributed by atoms with Gasteiger partial charge in [-0.05, 0) is 45.6 Å². The second-order valence-corrected chi connectivity index (χ2v) is 6.64. The summed E-state index contributed by atoms with van der Waals surface area (Å²) in [5.74, 6) is -3.26. The minimum Gasteiger partial charge on any atom is -0.481 e. The van der Waals surface area contributed by atoms with Crippen LogP contribution < -0.4 is 5.32 Å². The number of nitrogens with one attached hydrogen (secondary N) is 1. The number of hydrogen-bond acceptors (Lipinski definition) is 3. The number of carboxylic acid groups (broad SMARTS) is 1.